The van der Waals surface area contributed by atoms with E-state index < -0.39 is 0 Å². The third kappa shape index (κ3) is 4.43. The van der Waals surface area contributed by atoms with Gasteiger partial charge in [0, 0.05) is 12.2 Å². The van der Waals surface area contributed by atoms with Crippen LogP contribution in [0.25, 0.3) is 0 Å². The zero-order valence-electron chi connectivity index (χ0n) is 13.8. The van der Waals surface area contributed by atoms with Gasteiger partial charge in [0.25, 0.3) is 0 Å². The van der Waals surface area contributed by atoms with Crippen molar-refractivity contribution in [1.29, 1.82) is 0 Å². The van der Waals surface area contributed by atoms with Crippen LogP contribution in [-0.2, 0) is 11.3 Å². The Labute approximate surface area is 132 Å². The van der Waals surface area contributed by atoms with E-state index in [0.29, 0.717) is 13.1 Å². The molecule has 2 aromatic carbocycles. The highest BCUT2D eigenvalue weighted by Crippen LogP contribution is 2.21. The number of nitrogens with one attached hydrogen (secondary N) is 2. The lowest BCUT2D eigenvalue weighted by atomic mass is 10.1. The molecule has 0 spiro atoms. The highest BCUT2D eigenvalue weighted by atomic mass is 16.1. The van der Waals surface area contributed by atoms with Crippen molar-refractivity contribution in [3.8, 4) is 0 Å². The van der Waals surface area contributed by atoms with Gasteiger partial charge in [-0.15, -0.1) is 0 Å². The lowest BCUT2D eigenvalue weighted by Crippen LogP contribution is -2.28. The maximum absolute atomic E-state index is 12.1. The van der Waals surface area contributed by atoms with Crippen molar-refractivity contribution in [3.05, 3.63) is 64.2 Å². The number of anilines is 1. The molecule has 22 heavy (non-hydrogen) atoms. The highest BCUT2D eigenvalue weighted by molar-refractivity contribution is 5.93. The Morgan fingerprint density at radius 2 is 1.50 bits per heavy atom. The molecule has 0 saturated heterocycles. The number of benzene rings is 2. The molecule has 0 aliphatic heterocycles. The van der Waals surface area contributed by atoms with Crippen LogP contribution in [0.1, 0.15) is 27.8 Å². The average molecular weight is 296 g/mol. The maximum Gasteiger partial charge on any atom is 0.238 e. The number of carbonyl (C=O) groups excluding carboxylic acids is 1. The lowest BCUT2D eigenvalue weighted by molar-refractivity contribution is -0.115. The predicted octanol–water partition coefficient (Wildman–Crippen LogP) is 3.65. The zero-order chi connectivity index (χ0) is 16.1. The third-order valence-corrected chi connectivity index (χ3v) is 3.68. The molecular formula is C19H24N2O. The van der Waals surface area contributed by atoms with Crippen LogP contribution < -0.4 is 10.6 Å². The van der Waals surface area contributed by atoms with Crippen LogP contribution in [-0.4, -0.2) is 12.5 Å². The Balaban J connectivity index is 1.87. The molecule has 2 N–H and O–H groups in total. The van der Waals surface area contributed by atoms with Crippen LogP contribution in [0.5, 0.6) is 0 Å². The molecule has 0 bridgehead atoms. The number of hydrogen-bond acceptors (Lipinski definition) is 2. The van der Waals surface area contributed by atoms with Gasteiger partial charge in [-0.25, -0.2) is 0 Å². The molecule has 3 nitrogen and oxygen atoms in total. The van der Waals surface area contributed by atoms with Crippen molar-refractivity contribution in [3.63, 3.8) is 0 Å². The van der Waals surface area contributed by atoms with Crippen LogP contribution in [0.3, 0.4) is 0 Å². The largest absolute Gasteiger partial charge is 0.324 e. The van der Waals surface area contributed by atoms with Crippen molar-refractivity contribution >= 4 is 11.6 Å². The SMILES string of the molecule is Cc1ccc(CNCC(=O)Nc2c(C)cc(C)cc2C)cc1. The molecule has 0 unspecified atom stereocenters. The summed E-state index contributed by atoms with van der Waals surface area (Å²) in [5, 5.41) is 6.18. The summed E-state index contributed by atoms with van der Waals surface area (Å²) in [6, 6.07) is 12.5. The predicted molar refractivity (Wildman–Crippen MR) is 92.2 cm³/mol. The van der Waals surface area contributed by atoms with Crippen LogP contribution >= 0.6 is 0 Å². The quantitative estimate of drug-likeness (QED) is 0.884. The lowest BCUT2D eigenvalue weighted by Gasteiger charge is -2.13. The molecule has 116 valence electrons. The Morgan fingerprint density at radius 3 is 2.09 bits per heavy atom. The molecule has 0 saturated carbocycles. The van der Waals surface area contributed by atoms with E-state index in [1.807, 2.05) is 13.8 Å². The van der Waals surface area contributed by atoms with Crippen LogP contribution in [0.15, 0.2) is 36.4 Å². The van der Waals surface area contributed by atoms with Crippen LogP contribution in [0, 0.1) is 27.7 Å². The summed E-state index contributed by atoms with van der Waals surface area (Å²) >= 11 is 0. The fourth-order valence-electron chi connectivity index (χ4n) is 2.59. The van der Waals surface area contributed by atoms with Gasteiger partial charge in [0.2, 0.25) is 5.91 Å². The standard InChI is InChI=1S/C19H24N2O/c1-13-5-7-17(8-6-13)11-20-12-18(22)21-19-15(3)9-14(2)10-16(19)4/h5-10,20H,11-12H2,1-4H3,(H,21,22). The summed E-state index contributed by atoms with van der Waals surface area (Å²) in [6.45, 7) is 9.18. The second kappa shape index (κ2) is 7.23. The molecular weight excluding hydrogens is 272 g/mol. The summed E-state index contributed by atoms with van der Waals surface area (Å²) in [6.07, 6.45) is 0. The Morgan fingerprint density at radius 1 is 0.909 bits per heavy atom. The summed E-state index contributed by atoms with van der Waals surface area (Å²) in [4.78, 5) is 12.1. The molecule has 0 fully saturated rings. The molecule has 2 rings (SSSR count). The first-order valence-corrected chi connectivity index (χ1v) is 7.59. The van der Waals surface area contributed by atoms with E-state index in [9.17, 15) is 4.79 Å². The van der Waals surface area contributed by atoms with E-state index in [4.69, 9.17) is 0 Å². The zero-order valence-corrected chi connectivity index (χ0v) is 13.8. The molecule has 0 aromatic heterocycles. The van der Waals surface area contributed by atoms with E-state index in [2.05, 4.69) is 60.9 Å². The van der Waals surface area contributed by atoms with Crippen LogP contribution in [0.2, 0.25) is 0 Å². The third-order valence-electron chi connectivity index (χ3n) is 3.68. The Kier molecular flexibility index (Phi) is 5.34. The van der Waals surface area contributed by atoms with Crippen molar-refractivity contribution in [2.24, 2.45) is 0 Å². The first-order chi connectivity index (χ1) is 10.5. The average Bonchev–Trinajstić information content (AvgIpc) is 2.45. The van der Waals surface area contributed by atoms with Gasteiger partial charge in [0.05, 0.1) is 6.54 Å². The summed E-state index contributed by atoms with van der Waals surface area (Å²) in [5.74, 6) is -0.0119. The molecule has 0 aliphatic rings. The summed E-state index contributed by atoms with van der Waals surface area (Å²) in [7, 11) is 0. The second-order valence-corrected chi connectivity index (χ2v) is 5.91. The van der Waals surface area contributed by atoms with Gasteiger partial charge >= 0.3 is 0 Å². The van der Waals surface area contributed by atoms with Crippen molar-refractivity contribution in [2.45, 2.75) is 34.2 Å². The normalized spacial score (nSPS) is 10.5. The fourth-order valence-corrected chi connectivity index (χ4v) is 2.59. The number of carbonyl (C=O) groups is 1. The van der Waals surface area contributed by atoms with E-state index >= 15 is 0 Å². The van der Waals surface area contributed by atoms with Crippen molar-refractivity contribution in [1.82, 2.24) is 5.32 Å². The molecule has 0 heterocycles. The first-order valence-electron chi connectivity index (χ1n) is 7.59. The topological polar surface area (TPSA) is 41.1 Å². The molecule has 0 radical (unpaired) electrons. The number of amides is 1. The Hall–Kier alpha value is -2.13. The molecule has 0 aliphatic carbocycles. The van der Waals surface area contributed by atoms with Gasteiger partial charge in [0.1, 0.15) is 0 Å². The number of hydrogen-bond donors (Lipinski definition) is 2. The molecule has 2 aromatic rings. The number of aryl methyl sites for hydroxylation is 4. The van der Waals surface area contributed by atoms with E-state index in [0.717, 1.165) is 16.8 Å². The molecule has 1 amide bonds. The van der Waals surface area contributed by atoms with Gasteiger partial charge in [-0.2, -0.15) is 0 Å². The van der Waals surface area contributed by atoms with E-state index in [1.165, 1.54) is 16.7 Å². The fraction of sp³-hybridized carbons (Fsp3) is 0.316. The smallest absolute Gasteiger partial charge is 0.238 e. The van der Waals surface area contributed by atoms with Gasteiger partial charge in [0.15, 0.2) is 0 Å². The van der Waals surface area contributed by atoms with E-state index in [1.54, 1.807) is 0 Å². The van der Waals surface area contributed by atoms with Gasteiger partial charge in [-0.1, -0.05) is 47.5 Å². The minimum absolute atomic E-state index is 0.0119. The summed E-state index contributed by atoms with van der Waals surface area (Å²) < 4.78 is 0. The monoisotopic (exact) mass is 296 g/mol. The maximum atomic E-state index is 12.1. The van der Waals surface area contributed by atoms with Crippen LogP contribution in [0.4, 0.5) is 5.69 Å². The van der Waals surface area contributed by atoms with Crippen molar-refractivity contribution < 1.29 is 4.79 Å². The minimum Gasteiger partial charge on any atom is -0.324 e. The summed E-state index contributed by atoms with van der Waals surface area (Å²) in [5.41, 5.74) is 6.76. The van der Waals surface area contributed by atoms with Gasteiger partial charge < -0.3 is 10.6 Å². The van der Waals surface area contributed by atoms with Gasteiger partial charge in [-0.05, 0) is 44.4 Å². The highest BCUT2D eigenvalue weighted by Gasteiger charge is 2.08. The Bertz CT molecular complexity index is 637. The van der Waals surface area contributed by atoms with Crippen molar-refractivity contribution in [2.75, 3.05) is 11.9 Å². The molecule has 3 heteroatoms. The number of rotatable bonds is 5. The molecule has 0 atom stereocenters. The van der Waals surface area contributed by atoms with Gasteiger partial charge in [-0.3, -0.25) is 4.79 Å². The minimum atomic E-state index is -0.0119. The van der Waals surface area contributed by atoms with E-state index in [-0.39, 0.29) is 5.91 Å². The second-order valence-electron chi connectivity index (χ2n) is 5.91. The first kappa shape index (κ1) is 16.2.